The van der Waals surface area contributed by atoms with Crippen molar-refractivity contribution in [2.75, 3.05) is 37.6 Å². The van der Waals surface area contributed by atoms with Crippen LogP contribution in [0.1, 0.15) is 0 Å². The lowest BCUT2D eigenvalue weighted by atomic mass is 10.0. The van der Waals surface area contributed by atoms with Crippen molar-refractivity contribution in [3.63, 3.8) is 0 Å². The molecule has 1 fully saturated rings. The number of carbonyl (C=O) groups is 3. The van der Waals surface area contributed by atoms with Crippen molar-refractivity contribution in [1.82, 2.24) is 14.5 Å². The van der Waals surface area contributed by atoms with Crippen LogP contribution in [0.4, 0.5) is 0 Å². The zero-order valence-corrected chi connectivity index (χ0v) is 16.3. The van der Waals surface area contributed by atoms with E-state index in [-0.39, 0.29) is 5.70 Å². The molecule has 0 aromatic rings. The number of carboxylic acid groups (broad SMARTS) is 1. The Bertz CT molecular complexity index is 733. The molecule has 2 heterocycles. The van der Waals surface area contributed by atoms with Gasteiger partial charge in [-0.1, -0.05) is 0 Å². The zero-order chi connectivity index (χ0) is 18.9. The SMILES string of the molecule is CSCC1=C(C(=O)O)N2C(=O)C(NC(=O)CS(=O)(=O)N(C)C)[C@H]2SC1. The molecule has 2 amide bonds. The number of nitrogens with zero attached hydrogens (tertiary/aromatic N) is 2. The molecule has 0 aromatic heterocycles. The molecule has 0 spiro atoms. The minimum atomic E-state index is -3.73. The van der Waals surface area contributed by atoms with Crippen molar-refractivity contribution < 1.29 is 27.9 Å². The fraction of sp³-hybridized carbons (Fsp3) is 0.615. The third-order valence-electron chi connectivity index (χ3n) is 3.75. The number of carboxylic acids is 1. The highest BCUT2D eigenvalue weighted by molar-refractivity contribution is 8.00. The Kier molecular flexibility index (Phi) is 6.07. The van der Waals surface area contributed by atoms with Crippen LogP contribution in [0.3, 0.4) is 0 Å². The lowest BCUT2D eigenvalue weighted by Gasteiger charge is -2.49. The minimum Gasteiger partial charge on any atom is -0.477 e. The highest BCUT2D eigenvalue weighted by atomic mass is 32.2. The first kappa shape index (κ1) is 20.1. The van der Waals surface area contributed by atoms with E-state index in [2.05, 4.69) is 5.32 Å². The van der Waals surface area contributed by atoms with E-state index in [0.29, 0.717) is 17.1 Å². The molecule has 1 unspecified atom stereocenters. The van der Waals surface area contributed by atoms with E-state index in [0.717, 1.165) is 4.31 Å². The second-order valence-electron chi connectivity index (χ2n) is 5.68. The van der Waals surface area contributed by atoms with Crippen LogP contribution in [0.25, 0.3) is 0 Å². The van der Waals surface area contributed by atoms with Crippen LogP contribution < -0.4 is 5.32 Å². The summed E-state index contributed by atoms with van der Waals surface area (Å²) in [5.74, 6) is -2.32. The number of nitrogens with one attached hydrogen (secondary N) is 1. The summed E-state index contributed by atoms with van der Waals surface area (Å²) in [5.41, 5.74) is 0.629. The van der Waals surface area contributed by atoms with Gasteiger partial charge in [0.2, 0.25) is 15.9 Å². The number of rotatable bonds is 7. The quantitative estimate of drug-likeness (QED) is 0.512. The molecule has 2 aliphatic rings. The largest absolute Gasteiger partial charge is 0.477 e. The van der Waals surface area contributed by atoms with Crippen LogP contribution in [-0.4, -0.2) is 89.5 Å². The molecule has 2 aliphatic heterocycles. The summed E-state index contributed by atoms with van der Waals surface area (Å²) >= 11 is 2.82. The first-order valence-electron chi connectivity index (χ1n) is 7.18. The maximum Gasteiger partial charge on any atom is 0.352 e. The van der Waals surface area contributed by atoms with Gasteiger partial charge in [-0.3, -0.25) is 14.5 Å². The molecule has 12 heteroatoms. The van der Waals surface area contributed by atoms with E-state index < -0.39 is 45.0 Å². The van der Waals surface area contributed by atoms with Crippen molar-refractivity contribution in [1.29, 1.82) is 0 Å². The predicted octanol–water partition coefficient (Wildman–Crippen LogP) is -1.02. The van der Waals surface area contributed by atoms with Crippen molar-refractivity contribution in [3.05, 3.63) is 11.3 Å². The summed E-state index contributed by atoms with van der Waals surface area (Å²) in [4.78, 5) is 37.0. The zero-order valence-electron chi connectivity index (χ0n) is 13.9. The molecule has 140 valence electrons. The summed E-state index contributed by atoms with van der Waals surface area (Å²) in [6.07, 6.45) is 1.84. The minimum absolute atomic E-state index is 0.0329. The molecule has 0 bridgehead atoms. The lowest BCUT2D eigenvalue weighted by Crippen LogP contribution is -2.71. The molecule has 2 rings (SSSR count). The summed E-state index contributed by atoms with van der Waals surface area (Å²) in [6, 6.07) is -0.917. The molecule has 0 saturated carbocycles. The van der Waals surface area contributed by atoms with E-state index in [1.807, 2.05) is 6.26 Å². The van der Waals surface area contributed by atoms with Crippen LogP contribution in [0.15, 0.2) is 11.3 Å². The Morgan fingerprint density at radius 3 is 2.60 bits per heavy atom. The third-order valence-corrected chi connectivity index (χ3v) is 7.47. The number of sulfonamides is 1. The van der Waals surface area contributed by atoms with Gasteiger partial charge in [0.05, 0.1) is 0 Å². The number of fused-ring (bicyclic) bond motifs is 1. The summed E-state index contributed by atoms with van der Waals surface area (Å²) in [7, 11) is -1.11. The first-order chi connectivity index (χ1) is 11.6. The van der Waals surface area contributed by atoms with Crippen molar-refractivity contribution in [2.24, 2.45) is 0 Å². The smallest absolute Gasteiger partial charge is 0.352 e. The number of thioether (sulfide) groups is 2. The van der Waals surface area contributed by atoms with Crippen LogP contribution in [-0.2, 0) is 24.4 Å². The van der Waals surface area contributed by atoms with E-state index in [4.69, 9.17) is 0 Å². The monoisotopic (exact) mass is 409 g/mol. The van der Waals surface area contributed by atoms with Gasteiger partial charge in [0.15, 0.2) is 0 Å². The molecule has 1 saturated heterocycles. The number of hydrogen-bond acceptors (Lipinski definition) is 7. The van der Waals surface area contributed by atoms with Crippen LogP contribution in [0.2, 0.25) is 0 Å². The van der Waals surface area contributed by atoms with Gasteiger partial charge in [-0.15, -0.1) is 11.8 Å². The molecule has 2 N–H and O–H groups in total. The van der Waals surface area contributed by atoms with Gasteiger partial charge in [0.25, 0.3) is 5.91 Å². The summed E-state index contributed by atoms with van der Waals surface area (Å²) in [6.45, 7) is 0. The van der Waals surface area contributed by atoms with E-state index in [1.54, 1.807) is 0 Å². The number of aliphatic carboxylic acids is 1. The van der Waals surface area contributed by atoms with Gasteiger partial charge in [0.1, 0.15) is 22.9 Å². The Morgan fingerprint density at radius 2 is 2.08 bits per heavy atom. The Labute approximate surface area is 154 Å². The van der Waals surface area contributed by atoms with Crippen molar-refractivity contribution in [3.8, 4) is 0 Å². The standard InChI is InChI=1S/C13H19N3O6S3/c1-15(2)25(21,22)6-8(17)14-9-11(18)16-10(13(19)20)7(4-23-3)5-24-12(9)16/h9,12H,4-6H2,1-3H3,(H,14,17)(H,19,20)/t9?,12-/m1/s1. The van der Waals surface area contributed by atoms with Gasteiger partial charge in [-0.2, -0.15) is 11.8 Å². The molecule has 0 aromatic carbocycles. The van der Waals surface area contributed by atoms with Gasteiger partial charge in [-0.25, -0.2) is 17.5 Å². The molecule has 0 radical (unpaired) electrons. The normalized spacial score (nSPS) is 23.4. The number of amides is 2. The van der Waals surface area contributed by atoms with Crippen LogP contribution >= 0.6 is 23.5 Å². The van der Waals surface area contributed by atoms with Gasteiger partial charge < -0.3 is 10.4 Å². The van der Waals surface area contributed by atoms with E-state index >= 15 is 0 Å². The highest BCUT2D eigenvalue weighted by Crippen LogP contribution is 2.40. The predicted molar refractivity (Wildman–Crippen MR) is 95.5 cm³/mol. The Hall–Kier alpha value is -1.24. The molecule has 2 atom stereocenters. The molecule has 25 heavy (non-hydrogen) atoms. The number of β-lactam (4-membered cyclic amide) rings is 1. The third kappa shape index (κ3) is 3.96. The molecule has 0 aliphatic carbocycles. The average molecular weight is 410 g/mol. The van der Waals surface area contributed by atoms with Crippen LogP contribution in [0.5, 0.6) is 0 Å². The molecular formula is C13H19N3O6S3. The van der Waals surface area contributed by atoms with Crippen LogP contribution in [0, 0.1) is 0 Å². The van der Waals surface area contributed by atoms with Crippen molar-refractivity contribution >= 4 is 51.3 Å². The number of carbonyl (C=O) groups excluding carboxylic acids is 2. The van der Waals surface area contributed by atoms with E-state index in [9.17, 15) is 27.9 Å². The maximum absolute atomic E-state index is 12.3. The maximum atomic E-state index is 12.3. The Balaban J connectivity index is 2.11. The summed E-state index contributed by atoms with van der Waals surface area (Å²) < 4.78 is 24.4. The van der Waals surface area contributed by atoms with Gasteiger partial charge in [0, 0.05) is 25.6 Å². The number of hydrogen-bond donors (Lipinski definition) is 2. The summed E-state index contributed by atoms with van der Waals surface area (Å²) in [5, 5.41) is 11.3. The topological polar surface area (TPSA) is 124 Å². The second kappa shape index (κ2) is 7.56. The average Bonchev–Trinajstić information content (AvgIpc) is 2.51. The Morgan fingerprint density at radius 1 is 1.44 bits per heavy atom. The highest BCUT2D eigenvalue weighted by Gasteiger charge is 2.54. The lowest BCUT2D eigenvalue weighted by molar-refractivity contribution is -0.150. The fourth-order valence-electron chi connectivity index (χ4n) is 2.48. The van der Waals surface area contributed by atoms with Crippen molar-refractivity contribution in [2.45, 2.75) is 11.4 Å². The van der Waals surface area contributed by atoms with E-state index in [1.165, 1.54) is 42.5 Å². The molecule has 9 nitrogen and oxygen atoms in total. The van der Waals surface area contributed by atoms with Gasteiger partial charge in [-0.05, 0) is 11.8 Å². The first-order valence-corrected chi connectivity index (χ1v) is 11.2. The molecular weight excluding hydrogens is 390 g/mol. The second-order valence-corrected chi connectivity index (χ2v) is 9.84. The fourth-order valence-corrected chi connectivity index (χ4v) is 5.21. The van der Waals surface area contributed by atoms with Gasteiger partial charge >= 0.3 is 5.97 Å².